The van der Waals surface area contributed by atoms with E-state index in [-0.39, 0.29) is 0 Å². The first-order chi connectivity index (χ1) is 10.1. The van der Waals surface area contributed by atoms with Crippen LogP contribution in [-0.2, 0) is 0 Å². The summed E-state index contributed by atoms with van der Waals surface area (Å²) in [4.78, 5) is 10.8. The van der Waals surface area contributed by atoms with Gasteiger partial charge in [-0.3, -0.25) is 0 Å². The Morgan fingerprint density at radius 2 is 2.00 bits per heavy atom. The number of rotatable bonds is 3. The van der Waals surface area contributed by atoms with Crippen LogP contribution in [0.1, 0.15) is 4.88 Å². The summed E-state index contributed by atoms with van der Waals surface area (Å²) >= 11 is 13.6. The van der Waals surface area contributed by atoms with Crippen molar-refractivity contribution in [1.29, 1.82) is 0 Å². The molecule has 0 radical (unpaired) electrons. The van der Waals surface area contributed by atoms with Gasteiger partial charge in [0, 0.05) is 16.9 Å². The number of hydrogen-bond donors (Lipinski definition) is 1. The van der Waals surface area contributed by atoms with Crippen molar-refractivity contribution < 1.29 is 4.74 Å². The first-order valence-electron chi connectivity index (χ1n) is 6.15. The molecule has 0 aliphatic heterocycles. The zero-order valence-electron chi connectivity index (χ0n) is 11.3. The number of nitrogens with one attached hydrogen (secondary N) is 1. The van der Waals surface area contributed by atoms with Crippen LogP contribution in [0.25, 0.3) is 10.2 Å². The summed E-state index contributed by atoms with van der Waals surface area (Å²) < 4.78 is 5.86. The lowest BCUT2D eigenvalue weighted by molar-refractivity contribution is 0.469. The molecule has 0 aliphatic rings. The molecule has 3 rings (SSSR count). The third kappa shape index (κ3) is 2.90. The first kappa shape index (κ1) is 14.4. The Balaban J connectivity index is 2.10. The standard InChI is InChI=1S/C14H11Cl2N3OS/c1-7-5-9-12(18-14(17-2)19-13(9)21-7)20-11-4-3-8(15)6-10(11)16/h3-6H,1-2H3,(H,17,18,19). The van der Waals surface area contributed by atoms with Crippen molar-refractivity contribution in [3.05, 3.63) is 39.2 Å². The van der Waals surface area contributed by atoms with Gasteiger partial charge in [0.15, 0.2) is 0 Å². The molecule has 4 nitrogen and oxygen atoms in total. The number of hydrogen-bond acceptors (Lipinski definition) is 5. The molecule has 1 aromatic carbocycles. The molecule has 0 saturated carbocycles. The maximum atomic E-state index is 6.14. The van der Waals surface area contributed by atoms with E-state index in [9.17, 15) is 0 Å². The highest BCUT2D eigenvalue weighted by atomic mass is 35.5. The lowest BCUT2D eigenvalue weighted by Crippen LogP contribution is -1.98. The van der Waals surface area contributed by atoms with Gasteiger partial charge in [0.2, 0.25) is 11.8 Å². The summed E-state index contributed by atoms with van der Waals surface area (Å²) in [5, 5.41) is 4.79. The number of benzene rings is 1. The molecule has 2 aromatic heterocycles. The number of thiophene rings is 1. The van der Waals surface area contributed by atoms with E-state index < -0.39 is 0 Å². The number of halogens is 2. The van der Waals surface area contributed by atoms with Gasteiger partial charge in [0.1, 0.15) is 10.6 Å². The third-order valence-electron chi connectivity index (χ3n) is 2.81. The van der Waals surface area contributed by atoms with Crippen molar-refractivity contribution in [3.63, 3.8) is 0 Å². The lowest BCUT2D eigenvalue weighted by Gasteiger charge is -2.09. The van der Waals surface area contributed by atoms with E-state index in [0.717, 1.165) is 15.1 Å². The number of nitrogens with zero attached hydrogens (tertiary/aromatic N) is 2. The Hall–Kier alpha value is -1.56. The van der Waals surface area contributed by atoms with Crippen molar-refractivity contribution >= 4 is 50.7 Å². The van der Waals surface area contributed by atoms with Crippen molar-refractivity contribution in [2.45, 2.75) is 6.92 Å². The van der Waals surface area contributed by atoms with Crippen LogP contribution in [0.2, 0.25) is 10.0 Å². The fourth-order valence-electron chi connectivity index (χ4n) is 1.87. The van der Waals surface area contributed by atoms with Gasteiger partial charge in [-0.1, -0.05) is 23.2 Å². The minimum Gasteiger partial charge on any atom is -0.437 e. The second-order valence-corrected chi connectivity index (χ2v) is 6.43. The molecule has 0 spiro atoms. The van der Waals surface area contributed by atoms with Gasteiger partial charge in [0.05, 0.1) is 10.4 Å². The summed E-state index contributed by atoms with van der Waals surface area (Å²) in [5.74, 6) is 1.48. The summed E-state index contributed by atoms with van der Waals surface area (Å²) in [6.45, 7) is 2.02. The topological polar surface area (TPSA) is 47.0 Å². The van der Waals surface area contributed by atoms with Gasteiger partial charge < -0.3 is 10.1 Å². The Morgan fingerprint density at radius 3 is 2.71 bits per heavy atom. The average molecular weight is 340 g/mol. The molecule has 0 aliphatic carbocycles. The third-order valence-corrected chi connectivity index (χ3v) is 4.28. The summed E-state index contributed by atoms with van der Waals surface area (Å²) in [7, 11) is 1.76. The normalized spacial score (nSPS) is 10.9. The van der Waals surface area contributed by atoms with Gasteiger partial charge in [-0.25, -0.2) is 4.98 Å². The number of ether oxygens (including phenoxy) is 1. The zero-order valence-corrected chi connectivity index (χ0v) is 13.6. The Morgan fingerprint density at radius 1 is 1.19 bits per heavy atom. The maximum absolute atomic E-state index is 6.14. The van der Waals surface area contributed by atoms with Crippen LogP contribution in [0.15, 0.2) is 24.3 Å². The first-order valence-corrected chi connectivity index (χ1v) is 7.73. The summed E-state index contributed by atoms with van der Waals surface area (Å²) in [5.41, 5.74) is 0. The molecule has 1 N–H and O–H groups in total. The molecule has 7 heteroatoms. The number of fused-ring (bicyclic) bond motifs is 1. The van der Waals surface area contributed by atoms with Crippen LogP contribution in [0.5, 0.6) is 11.6 Å². The number of anilines is 1. The summed E-state index contributed by atoms with van der Waals surface area (Å²) in [6, 6.07) is 7.07. The molecule has 0 unspecified atom stereocenters. The molecule has 0 atom stereocenters. The minimum absolute atomic E-state index is 0.437. The smallest absolute Gasteiger partial charge is 0.232 e. The second kappa shape index (κ2) is 5.67. The predicted octanol–water partition coefficient (Wildman–Crippen LogP) is 5.14. The van der Waals surface area contributed by atoms with Gasteiger partial charge >= 0.3 is 0 Å². The molecule has 108 valence electrons. The molecule has 21 heavy (non-hydrogen) atoms. The van der Waals surface area contributed by atoms with Crippen molar-refractivity contribution in [2.75, 3.05) is 12.4 Å². The van der Waals surface area contributed by atoms with Gasteiger partial charge in [-0.05, 0) is 31.2 Å². The van der Waals surface area contributed by atoms with E-state index in [4.69, 9.17) is 27.9 Å². The quantitative estimate of drug-likeness (QED) is 0.717. The van der Waals surface area contributed by atoms with E-state index in [2.05, 4.69) is 15.3 Å². The number of aryl methyl sites for hydroxylation is 1. The van der Waals surface area contributed by atoms with E-state index in [1.54, 1.807) is 36.6 Å². The van der Waals surface area contributed by atoms with Gasteiger partial charge in [-0.2, -0.15) is 4.98 Å². The van der Waals surface area contributed by atoms with Crippen molar-refractivity contribution in [1.82, 2.24) is 9.97 Å². The van der Waals surface area contributed by atoms with E-state index >= 15 is 0 Å². The van der Waals surface area contributed by atoms with Crippen LogP contribution in [0.4, 0.5) is 5.95 Å². The molecule has 0 amide bonds. The zero-order chi connectivity index (χ0) is 15.0. The fourth-order valence-corrected chi connectivity index (χ4v) is 3.18. The van der Waals surface area contributed by atoms with E-state index in [1.807, 2.05) is 13.0 Å². The second-order valence-electron chi connectivity index (χ2n) is 4.36. The minimum atomic E-state index is 0.437. The van der Waals surface area contributed by atoms with Crippen molar-refractivity contribution in [3.8, 4) is 11.6 Å². The van der Waals surface area contributed by atoms with Crippen LogP contribution >= 0.6 is 34.5 Å². The highest BCUT2D eigenvalue weighted by molar-refractivity contribution is 7.18. The van der Waals surface area contributed by atoms with Crippen LogP contribution < -0.4 is 10.1 Å². The Bertz CT molecular complexity index is 819. The van der Waals surface area contributed by atoms with E-state index in [1.165, 1.54) is 0 Å². The van der Waals surface area contributed by atoms with Crippen molar-refractivity contribution in [2.24, 2.45) is 0 Å². The molecular formula is C14H11Cl2N3OS. The monoisotopic (exact) mass is 339 g/mol. The highest BCUT2D eigenvalue weighted by Gasteiger charge is 2.13. The molecule has 0 saturated heterocycles. The Kier molecular flexibility index (Phi) is 3.89. The maximum Gasteiger partial charge on any atom is 0.232 e. The van der Waals surface area contributed by atoms with Crippen LogP contribution in [0.3, 0.4) is 0 Å². The molecule has 3 aromatic rings. The molecular weight excluding hydrogens is 329 g/mol. The SMILES string of the molecule is CNc1nc(Oc2ccc(Cl)cc2Cl)c2cc(C)sc2n1. The average Bonchev–Trinajstić information content (AvgIpc) is 2.82. The molecule has 2 heterocycles. The molecule has 0 bridgehead atoms. The van der Waals surface area contributed by atoms with Crippen LogP contribution in [-0.4, -0.2) is 17.0 Å². The summed E-state index contributed by atoms with van der Waals surface area (Å²) in [6.07, 6.45) is 0. The Labute approximate surface area is 135 Å². The van der Waals surface area contributed by atoms with Gasteiger partial charge in [-0.15, -0.1) is 11.3 Å². The fraction of sp³-hybridized carbons (Fsp3) is 0.143. The van der Waals surface area contributed by atoms with E-state index in [0.29, 0.717) is 27.6 Å². The predicted molar refractivity (Wildman–Crippen MR) is 88.2 cm³/mol. The molecule has 0 fully saturated rings. The van der Waals surface area contributed by atoms with Gasteiger partial charge in [0.25, 0.3) is 0 Å². The number of aromatic nitrogens is 2. The largest absolute Gasteiger partial charge is 0.437 e. The lowest BCUT2D eigenvalue weighted by atomic mass is 10.3. The highest BCUT2D eigenvalue weighted by Crippen LogP contribution is 2.36. The van der Waals surface area contributed by atoms with Crippen LogP contribution in [0, 0.1) is 6.92 Å².